The fraction of sp³-hybridized carbons (Fsp3) is 0.500. The minimum absolute atomic E-state index is 0.0395. The molecular formula is C26H36N2O. The molecule has 0 saturated carbocycles. The number of aryl methyl sites for hydroxylation is 2. The zero-order chi connectivity index (χ0) is 20.8. The summed E-state index contributed by atoms with van der Waals surface area (Å²) in [6, 6.07) is 17.8. The van der Waals surface area contributed by atoms with E-state index in [1.807, 2.05) is 0 Å². The lowest BCUT2D eigenvalue weighted by atomic mass is 9.83. The third-order valence-electron chi connectivity index (χ3n) is 6.41. The Hall–Kier alpha value is -2.13. The van der Waals surface area contributed by atoms with Crippen molar-refractivity contribution in [3.63, 3.8) is 0 Å². The van der Waals surface area contributed by atoms with E-state index < -0.39 is 0 Å². The lowest BCUT2D eigenvalue weighted by Gasteiger charge is -2.38. The first-order chi connectivity index (χ1) is 14.0. The molecule has 3 nitrogen and oxygen atoms in total. The normalized spacial score (nSPS) is 21.0. The highest BCUT2D eigenvalue weighted by atomic mass is 16.2. The van der Waals surface area contributed by atoms with E-state index in [9.17, 15) is 4.79 Å². The van der Waals surface area contributed by atoms with Crippen molar-refractivity contribution in [2.24, 2.45) is 5.92 Å². The van der Waals surface area contributed by atoms with Crippen LogP contribution in [0.15, 0.2) is 48.5 Å². The Kier molecular flexibility index (Phi) is 7.49. The first kappa shape index (κ1) is 21.6. The number of nitrogens with zero attached hydrogens (tertiary/aromatic N) is 1. The summed E-state index contributed by atoms with van der Waals surface area (Å²) in [6.07, 6.45) is 2.95. The van der Waals surface area contributed by atoms with Crippen LogP contribution in [0.4, 0.5) is 0 Å². The Labute approximate surface area is 176 Å². The highest BCUT2D eigenvalue weighted by Crippen LogP contribution is 2.32. The summed E-state index contributed by atoms with van der Waals surface area (Å²) in [6.45, 7) is 11.3. The van der Waals surface area contributed by atoms with Crippen molar-refractivity contribution in [3.8, 4) is 0 Å². The maximum Gasteiger partial charge on any atom is 0.224 e. The summed E-state index contributed by atoms with van der Waals surface area (Å²) >= 11 is 0. The van der Waals surface area contributed by atoms with Crippen LogP contribution in [0.5, 0.6) is 0 Å². The summed E-state index contributed by atoms with van der Waals surface area (Å²) in [5.74, 6) is 0.646. The van der Waals surface area contributed by atoms with E-state index in [0.29, 0.717) is 5.92 Å². The monoisotopic (exact) mass is 392 g/mol. The van der Waals surface area contributed by atoms with Crippen molar-refractivity contribution >= 4 is 5.91 Å². The number of benzene rings is 2. The van der Waals surface area contributed by atoms with E-state index in [4.69, 9.17) is 0 Å². The van der Waals surface area contributed by atoms with E-state index in [2.05, 4.69) is 86.4 Å². The van der Waals surface area contributed by atoms with Gasteiger partial charge in [-0.3, -0.25) is 9.69 Å². The zero-order valence-electron chi connectivity index (χ0n) is 18.4. The molecule has 2 aromatic carbocycles. The van der Waals surface area contributed by atoms with Gasteiger partial charge in [0.1, 0.15) is 0 Å². The number of piperidine rings is 1. The molecule has 0 bridgehead atoms. The van der Waals surface area contributed by atoms with E-state index in [1.54, 1.807) is 0 Å². The van der Waals surface area contributed by atoms with Crippen LogP contribution in [-0.2, 0) is 17.8 Å². The van der Waals surface area contributed by atoms with Gasteiger partial charge in [-0.05, 0) is 61.3 Å². The van der Waals surface area contributed by atoms with Crippen molar-refractivity contribution in [2.75, 3.05) is 13.1 Å². The van der Waals surface area contributed by atoms with Gasteiger partial charge in [-0.1, -0.05) is 62.4 Å². The molecule has 2 aromatic rings. The molecule has 1 heterocycles. The molecule has 3 atom stereocenters. The maximum atomic E-state index is 13.0. The van der Waals surface area contributed by atoms with Crippen LogP contribution >= 0.6 is 0 Å². The number of carbonyl (C=O) groups excluding carboxylic acids is 1. The lowest BCUT2D eigenvalue weighted by molar-refractivity contribution is -0.127. The Morgan fingerprint density at radius 2 is 1.83 bits per heavy atom. The molecule has 156 valence electrons. The topological polar surface area (TPSA) is 32.3 Å². The summed E-state index contributed by atoms with van der Waals surface area (Å²) in [5, 5.41) is 3.22. The number of carbonyl (C=O) groups is 1. The molecule has 3 unspecified atom stereocenters. The van der Waals surface area contributed by atoms with E-state index in [1.165, 1.54) is 22.3 Å². The molecule has 1 aliphatic heterocycles. The third kappa shape index (κ3) is 5.70. The summed E-state index contributed by atoms with van der Waals surface area (Å²) in [4.78, 5) is 15.4. The molecule has 3 heteroatoms. The second kappa shape index (κ2) is 10.1. The van der Waals surface area contributed by atoms with Crippen LogP contribution < -0.4 is 5.32 Å². The molecule has 1 aliphatic rings. The predicted molar refractivity (Wildman–Crippen MR) is 121 cm³/mol. The molecule has 0 spiro atoms. The predicted octanol–water partition coefficient (Wildman–Crippen LogP) is 5.08. The molecular weight excluding hydrogens is 356 g/mol. The Bertz CT molecular complexity index is 799. The van der Waals surface area contributed by atoms with Crippen LogP contribution in [0.25, 0.3) is 0 Å². The second-order valence-electron chi connectivity index (χ2n) is 8.66. The van der Waals surface area contributed by atoms with Gasteiger partial charge in [-0.2, -0.15) is 0 Å². The van der Waals surface area contributed by atoms with E-state index >= 15 is 0 Å². The number of amides is 1. The highest BCUT2D eigenvalue weighted by molar-refractivity contribution is 5.79. The first-order valence-electron chi connectivity index (χ1n) is 11.2. The smallest absolute Gasteiger partial charge is 0.224 e. The van der Waals surface area contributed by atoms with Gasteiger partial charge in [0, 0.05) is 25.7 Å². The fourth-order valence-corrected chi connectivity index (χ4v) is 4.27. The highest BCUT2D eigenvalue weighted by Gasteiger charge is 2.32. The molecule has 0 aliphatic carbocycles. The van der Waals surface area contributed by atoms with Crippen LogP contribution in [0.3, 0.4) is 0 Å². The largest absolute Gasteiger partial charge is 0.353 e. The molecule has 3 rings (SSSR count). The molecule has 1 saturated heterocycles. The fourth-order valence-electron chi connectivity index (χ4n) is 4.27. The van der Waals surface area contributed by atoms with Gasteiger partial charge < -0.3 is 5.32 Å². The molecule has 1 N–H and O–H groups in total. The van der Waals surface area contributed by atoms with Gasteiger partial charge in [-0.25, -0.2) is 0 Å². The SMILES string of the molecule is CCc1ccc(C2CC(C(=O)NC(C)CC)CN(Cc3ccccc3C)C2)cc1. The maximum absolute atomic E-state index is 13.0. The zero-order valence-corrected chi connectivity index (χ0v) is 18.4. The third-order valence-corrected chi connectivity index (χ3v) is 6.41. The quantitative estimate of drug-likeness (QED) is 0.713. The van der Waals surface area contributed by atoms with Crippen LogP contribution in [0.2, 0.25) is 0 Å². The average molecular weight is 393 g/mol. The van der Waals surface area contributed by atoms with Gasteiger partial charge in [0.05, 0.1) is 5.92 Å². The standard InChI is InChI=1S/C26H36N2O/c1-5-20(4)27-26(29)25-15-24(22-13-11-21(6-2)12-14-22)17-28(18-25)16-23-10-8-7-9-19(23)3/h7-14,20,24-25H,5-6,15-18H2,1-4H3,(H,27,29). The van der Waals surface area contributed by atoms with Gasteiger partial charge >= 0.3 is 0 Å². The van der Waals surface area contributed by atoms with Crippen LogP contribution in [0.1, 0.15) is 61.8 Å². The summed E-state index contributed by atoms with van der Waals surface area (Å²) in [5.41, 5.74) is 5.41. The average Bonchev–Trinajstić information content (AvgIpc) is 2.75. The second-order valence-corrected chi connectivity index (χ2v) is 8.66. The van der Waals surface area contributed by atoms with Crippen molar-refractivity contribution in [3.05, 3.63) is 70.8 Å². The summed E-state index contributed by atoms with van der Waals surface area (Å²) in [7, 11) is 0. The number of nitrogens with one attached hydrogen (secondary N) is 1. The Balaban J connectivity index is 1.80. The van der Waals surface area contributed by atoms with E-state index in [0.717, 1.165) is 38.9 Å². The lowest BCUT2D eigenvalue weighted by Crippen LogP contribution is -2.47. The van der Waals surface area contributed by atoms with Crippen molar-refractivity contribution in [1.29, 1.82) is 0 Å². The summed E-state index contributed by atoms with van der Waals surface area (Å²) < 4.78 is 0. The number of rotatable bonds is 7. The van der Waals surface area contributed by atoms with Gasteiger partial charge in [-0.15, -0.1) is 0 Å². The van der Waals surface area contributed by atoms with Gasteiger partial charge in [0.2, 0.25) is 5.91 Å². The molecule has 1 fully saturated rings. The number of hydrogen-bond acceptors (Lipinski definition) is 2. The van der Waals surface area contributed by atoms with Crippen molar-refractivity contribution < 1.29 is 4.79 Å². The minimum Gasteiger partial charge on any atom is -0.353 e. The first-order valence-corrected chi connectivity index (χ1v) is 11.2. The van der Waals surface area contributed by atoms with Crippen LogP contribution in [-0.4, -0.2) is 29.9 Å². The van der Waals surface area contributed by atoms with Crippen LogP contribution in [0, 0.1) is 12.8 Å². The molecule has 29 heavy (non-hydrogen) atoms. The Morgan fingerprint density at radius 3 is 2.48 bits per heavy atom. The van der Waals surface area contributed by atoms with Crippen molar-refractivity contribution in [1.82, 2.24) is 10.2 Å². The van der Waals surface area contributed by atoms with Gasteiger partial charge in [0.15, 0.2) is 0 Å². The number of likely N-dealkylation sites (tertiary alicyclic amines) is 1. The minimum atomic E-state index is 0.0395. The number of hydrogen-bond donors (Lipinski definition) is 1. The molecule has 0 aromatic heterocycles. The molecule has 0 radical (unpaired) electrons. The van der Waals surface area contributed by atoms with Gasteiger partial charge in [0.25, 0.3) is 0 Å². The molecule has 1 amide bonds. The Morgan fingerprint density at radius 1 is 1.10 bits per heavy atom. The van der Waals surface area contributed by atoms with E-state index in [-0.39, 0.29) is 17.9 Å². The van der Waals surface area contributed by atoms with Crippen molar-refractivity contribution in [2.45, 2.75) is 65.5 Å².